The first-order valence-corrected chi connectivity index (χ1v) is 6.73. The summed E-state index contributed by atoms with van der Waals surface area (Å²) in [6, 6.07) is 3.45. The van der Waals surface area contributed by atoms with Gasteiger partial charge in [0.25, 0.3) is 5.91 Å². The smallest absolute Gasteiger partial charge is 0.251 e. The number of nitrogens with zero attached hydrogens (tertiary/aromatic N) is 1. The highest BCUT2D eigenvalue weighted by Gasteiger charge is 2.02. The normalized spacial score (nSPS) is 10.3. The van der Waals surface area contributed by atoms with E-state index < -0.39 is 0 Å². The van der Waals surface area contributed by atoms with Gasteiger partial charge in [0.1, 0.15) is 0 Å². The molecular weight excluding hydrogens is 226 g/mol. The zero-order valence-electron chi connectivity index (χ0n) is 10.9. The largest absolute Gasteiger partial charge is 0.352 e. The quantitative estimate of drug-likeness (QED) is 0.659. The molecule has 1 amide bonds. The van der Waals surface area contributed by atoms with Crippen LogP contribution in [-0.4, -0.2) is 24.0 Å². The highest BCUT2D eigenvalue weighted by atomic mass is 16.1. The minimum atomic E-state index is -0.0134. The lowest BCUT2D eigenvalue weighted by Gasteiger charge is -2.05. The average Bonchev–Trinajstić information content (AvgIpc) is 2.42. The maximum atomic E-state index is 11.7. The molecule has 3 N–H and O–H groups in total. The summed E-state index contributed by atoms with van der Waals surface area (Å²) in [4.78, 5) is 15.6. The Hall–Kier alpha value is -1.42. The van der Waals surface area contributed by atoms with E-state index in [2.05, 4.69) is 10.3 Å². The van der Waals surface area contributed by atoms with Gasteiger partial charge in [0.15, 0.2) is 0 Å². The van der Waals surface area contributed by atoms with Gasteiger partial charge in [-0.05, 0) is 31.5 Å². The van der Waals surface area contributed by atoms with Crippen LogP contribution in [0.1, 0.15) is 48.9 Å². The number of amides is 1. The number of rotatable bonds is 9. The molecule has 0 aliphatic rings. The summed E-state index contributed by atoms with van der Waals surface area (Å²) >= 11 is 0. The molecule has 0 aliphatic carbocycles. The summed E-state index contributed by atoms with van der Waals surface area (Å²) in [6.07, 6.45) is 10.3. The van der Waals surface area contributed by atoms with Crippen molar-refractivity contribution in [2.75, 3.05) is 13.1 Å². The molecule has 0 bridgehead atoms. The number of carbonyl (C=O) groups excluding carboxylic acids is 1. The summed E-state index contributed by atoms with van der Waals surface area (Å²) in [6.45, 7) is 1.54. The van der Waals surface area contributed by atoms with E-state index in [0.29, 0.717) is 5.56 Å². The van der Waals surface area contributed by atoms with Gasteiger partial charge in [-0.3, -0.25) is 9.78 Å². The highest BCUT2D eigenvalue weighted by Crippen LogP contribution is 2.04. The zero-order valence-corrected chi connectivity index (χ0v) is 10.9. The fourth-order valence-electron chi connectivity index (χ4n) is 1.78. The third kappa shape index (κ3) is 6.35. The van der Waals surface area contributed by atoms with Crippen LogP contribution in [-0.2, 0) is 0 Å². The fraction of sp³-hybridized carbons (Fsp3) is 0.571. The summed E-state index contributed by atoms with van der Waals surface area (Å²) in [7, 11) is 0. The van der Waals surface area contributed by atoms with Crippen LogP contribution < -0.4 is 11.1 Å². The van der Waals surface area contributed by atoms with Gasteiger partial charge in [-0.15, -0.1) is 0 Å². The van der Waals surface area contributed by atoms with E-state index in [1.807, 2.05) is 0 Å². The zero-order chi connectivity index (χ0) is 13.1. The molecule has 0 saturated carbocycles. The molecule has 1 aromatic rings. The highest BCUT2D eigenvalue weighted by molar-refractivity contribution is 5.93. The lowest BCUT2D eigenvalue weighted by atomic mass is 10.1. The molecule has 1 aromatic heterocycles. The number of hydrogen-bond acceptors (Lipinski definition) is 3. The van der Waals surface area contributed by atoms with E-state index in [9.17, 15) is 4.79 Å². The Labute approximate surface area is 109 Å². The van der Waals surface area contributed by atoms with E-state index in [4.69, 9.17) is 5.73 Å². The number of nitrogens with two attached hydrogens (primary N) is 1. The van der Waals surface area contributed by atoms with E-state index in [1.54, 1.807) is 24.5 Å². The first-order chi connectivity index (χ1) is 8.84. The van der Waals surface area contributed by atoms with Crippen molar-refractivity contribution in [3.8, 4) is 0 Å². The van der Waals surface area contributed by atoms with Gasteiger partial charge in [0, 0.05) is 24.5 Å². The van der Waals surface area contributed by atoms with Crippen LogP contribution in [0, 0.1) is 0 Å². The van der Waals surface area contributed by atoms with Gasteiger partial charge in [0.2, 0.25) is 0 Å². The Morgan fingerprint density at radius 2 is 1.67 bits per heavy atom. The second-order valence-corrected chi connectivity index (χ2v) is 4.40. The molecule has 0 aromatic carbocycles. The molecule has 18 heavy (non-hydrogen) atoms. The van der Waals surface area contributed by atoms with Crippen LogP contribution >= 0.6 is 0 Å². The molecule has 100 valence electrons. The Balaban J connectivity index is 2.00. The number of nitrogens with one attached hydrogen (secondary N) is 1. The van der Waals surface area contributed by atoms with Gasteiger partial charge in [-0.1, -0.05) is 25.7 Å². The number of pyridine rings is 1. The molecule has 0 spiro atoms. The second kappa shape index (κ2) is 9.59. The summed E-state index contributed by atoms with van der Waals surface area (Å²) in [5.41, 5.74) is 6.10. The molecule has 4 heteroatoms. The predicted molar refractivity (Wildman–Crippen MR) is 73.3 cm³/mol. The third-order valence-electron chi connectivity index (χ3n) is 2.86. The molecule has 1 rings (SSSR count). The van der Waals surface area contributed by atoms with Crippen LogP contribution in [0.25, 0.3) is 0 Å². The maximum absolute atomic E-state index is 11.7. The van der Waals surface area contributed by atoms with Crippen molar-refractivity contribution in [1.29, 1.82) is 0 Å². The SMILES string of the molecule is NCCCCCCCCNC(=O)c1ccncc1. The van der Waals surface area contributed by atoms with Crippen LogP contribution in [0.5, 0.6) is 0 Å². The molecule has 0 radical (unpaired) electrons. The number of unbranched alkanes of at least 4 members (excludes halogenated alkanes) is 5. The molecule has 0 saturated heterocycles. The molecule has 0 atom stereocenters. The Morgan fingerprint density at radius 1 is 1.06 bits per heavy atom. The van der Waals surface area contributed by atoms with E-state index in [-0.39, 0.29) is 5.91 Å². The fourth-order valence-corrected chi connectivity index (χ4v) is 1.78. The minimum absolute atomic E-state index is 0.0134. The summed E-state index contributed by atoms with van der Waals surface area (Å²) < 4.78 is 0. The van der Waals surface area contributed by atoms with Crippen molar-refractivity contribution in [2.24, 2.45) is 5.73 Å². The van der Waals surface area contributed by atoms with E-state index >= 15 is 0 Å². The molecule has 0 fully saturated rings. The van der Waals surface area contributed by atoms with Gasteiger partial charge in [-0.25, -0.2) is 0 Å². The van der Waals surface area contributed by atoms with Crippen LogP contribution in [0.4, 0.5) is 0 Å². The number of aromatic nitrogens is 1. The second-order valence-electron chi connectivity index (χ2n) is 4.40. The number of hydrogen-bond donors (Lipinski definition) is 2. The summed E-state index contributed by atoms with van der Waals surface area (Å²) in [5.74, 6) is -0.0134. The topological polar surface area (TPSA) is 68.0 Å². The van der Waals surface area contributed by atoms with Gasteiger partial charge in [0.05, 0.1) is 0 Å². The van der Waals surface area contributed by atoms with Crippen LogP contribution in [0.15, 0.2) is 24.5 Å². The van der Waals surface area contributed by atoms with Crippen LogP contribution in [0.2, 0.25) is 0 Å². The Bertz CT molecular complexity index is 327. The molecule has 0 unspecified atom stereocenters. The van der Waals surface area contributed by atoms with Crippen molar-refractivity contribution in [1.82, 2.24) is 10.3 Å². The molecule has 4 nitrogen and oxygen atoms in total. The van der Waals surface area contributed by atoms with Crippen molar-refractivity contribution >= 4 is 5.91 Å². The van der Waals surface area contributed by atoms with Gasteiger partial charge < -0.3 is 11.1 Å². The van der Waals surface area contributed by atoms with E-state index in [0.717, 1.165) is 25.9 Å². The van der Waals surface area contributed by atoms with Crippen molar-refractivity contribution in [2.45, 2.75) is 38.5 Å². The Morgan fingerprint density at radius 3 is 2.33 bits per heavy atom. The molecule has 0 aliphatic heterocycles. The van der Waals surface area contributed by atoms with Crippen molar-refractivity contribution in [3.05, 3.63) is 30.1 Å². The Kier molecular flexibility index (Phi) is 7.80. The predicted octanol–water partition coefficient (Wildman–Crippen LogP) is 2.11. The molecule has 1 heterocycles. The van der Waals surface area contributed by atoms with E-state index in [1.165, 1.54) is 25.7 Å². The van der Waals surface area contributed by atoms with Gasteiger partial charge >= 0.3 is 0 Å². The van der Waals surface area contributed by atoms with Crippen molar-refractivity contribution in [3.63, 3.8) is 0 Å². The summed E-state index contributed by atoms with van der Waals surface area (Å²) in [5, 5.41) is 2.91. The lowest BCUT2D eigenvalue weighted by Crippen LogP contribution is -2.24. The maximum Gasteiger partial charge on any atom is 0.251 e. The van der Waals surface area contributed by atoms with Crippen LogP contribution in [0.3, 0.4) is 0 Å². The minimum Gasteiger partial charge on any atom is -0.352 e. The molecular formula is C14H23N3O. The van der Waals surface area contributed by atoms with Crippen molar-refractivity contribution < 1.29 is 4.79 Å². The third-order valence-corrected chi connectivity index (χ3v) is 2.86. The monoisotopic (exact) mass is 249 g/mol. The standard InChI is InChI=1S/C14H23N3O/c15-9-5-3-1-2-4-6-10-17-14(18)13-7-11-16-12-8-13/h7-8,11-12H,1-6,9-10,15H2,(H,17,18). The first kappa shape index (κ1) is 14.6. The number of carbonyl (C=O) groups is 1. The van der Waals surface area contributed by atoms with Gasteiger partial charge in [-0.2, -0.15) is 0 Å². The first-order valence-electron chi connectivity index (χ1n) is 6.73. The lowest BCUT2D eigenvalue weighted by molar-refractivity contribution is 0.0953. The average molecular weight is 249 g/mol.